The minimum atomic E-state index is -0.333. The number of thioether (sulfide) groups is 1. The fraction of sp³-hybridized carbons (Fsp3) is 0.118. The molecule has 0 aliphatic carbocycles. The Bertz CT molecular complexity index is 700. The van der Waals surface area contributed by atoms with Gasteiger partial charge in [0.05, 0.1) is 5.69 Å². The van der Waals surface area contributed by atoms with Crippen LogP contribution >= 0.6 is 11.8 Å². The van der Waals surface area contributed by atoms with E-state index >= 15 is 0 Å². The molecule has 1 amide bonds. The number of hydrogen-bond acceptors (Lipinski definition) is 5. The van der Waals surface area contributed by atoms with Crippen LogP contribution in [0.4, 0.5) is 5.69 Å². The lowest BCUT2D eigenvalue weighted by atomic mass is 10.1. The minimum absolute atomic E-state index is 0.157. The summed E-state index contributed by atoms with van der Waals surface area (Å²) >= 11 is 1.72. The van der Waals surface area contributed by atoms with E-state index in [4.69, 9.17) is 0 Å². The Morgan fingerprint density at radius 3 is 2.57 bits per heavy atom. The van der Waals surface area contributed by atoms with Crippen molar-refractivity contribution in [2.24, 2.45) is 5.73 Å². The topological polar surface area (TPSA) is 76.3 Å². The molecule has 1 atom stereocenters. The van der Waals surface area contributed by atoms with Crippen molar-refractivity contribution in [3.63, 3.8) is 0 Å². The fourth-order valence-electron chi connectivity index (χ4n) is 2.12. The summed E-state index contributed by atoms with van der Waals surface area (Å²) in [4.78, 5) is 26.5. The first kappa shape index (κ1) is 16.8. The van der Waals surface area contributed by atoms with Crippen LogP contribution in [0, 0.1) is 0 Å². The Hall–Kier alpha value is -2.60. The SMILES string of the molecule is CC(N)=O.O=Cc1ccccc1N1C=CSC1c1ccncc1. The number of carbonyl (C=O) groups excluding carboxylic acids is 2. The number of amides is 1. The molecule has 0 fully saturated rings. The van der Waals surface area contributed by atoms with Crippen LogP contribution in [0.25, 0.3) is 0 Å². The Kier molecular flexibility index (Phi) is 5.94. The number of aldehydes is 1. The summed E-state index contributed by atoms with van der Waals surface area (Å²) in [5.41, 5.74) is 7.28. The normalized spacial score (nSPS) is 15.7. The number of aromatic nitrogens is 1. The van der Waals surface area contributed by atoms with E-state index in [-0.39, 0.29) is 11.3 Å². The van der Waals surface area contributed by atoms with Gasteiger partial charge in [-0.2, -0.15) is 0 Å². The maximum absolute atomic E-state index is 11.2. The van der Waals surface area contributed by atoms with Gasteiger partial charge in [-0.3, -0.25) is 14.6 Å². The molecule has 1 unspecified atom stereocenters. The van der Waals surface area contributed by atoms with Gasteiger partial charge in [0, 0.05) is 31.1 Å². The summed E-state index contributed by atoms with van der Waals surface area (Å²) < 4.78 is 0. The van der Waals surface area contributed by atoms with Crippen molar-refractivity contribution in [2.45, 2.75) is 12.3 Å². The molecule has 6 heteroatoms. The van der Waals surface area contributed by atoms with Crippen molar-refractivity contribution in [1.82, 2.24) is 4.98 Å². The molecule has 1 aromatic heterocycles. The van der Waals surface area contributed by atoms with Gasteiger partial charge in [-0.05, 0) is 35.2 Å². The molecule has 1 aromatic carbocycles. The number of hydrogen-bond donors (Lipinski definition) is 1. The highest BCUT2D eigenvalue weighted by atomic mass is 32.2. The number of para-hydroxylation sites is 1. The van der Waals surface area contributed by atoms with E-state index in [1.54, 1.807) is 24.2 Å². The number of nitrogens with zero attached hydrogens (tertiary/aromatic N) is 2. The number of anilines is 1. The summed E-state index contributed by atoms with van der Waals surface area (Å²) in [6.07, 6.45) is 6.49. The third-order valence-corrected chi connectivity index (χ3v) is 4.05. The van der Waals surface area contributed by atoms with Gasteiger partial charge in [-0.1, -0.05) is 12.1 Å². The zero-order valence-electron chi connectivity index (χ0n) is 12.6. The van der Waals surface area contributed by atoms with Crippen LogP contribution in [0.5, 0.6) is 0 Å². The standard InChI is InChI=1S/C15H12N2OS.C2H5NO/c18-11-13-3-1-2-4-14(13)17-9-10-19-15(17)12-5-7-16-8-6-12;1-2(3)4/h1-11,15H;1H3,(H2,3,4). The van der Waals surface area contributed by atoms with Gasteiger partial charge in [0.25, 0.3) is 0 Å². The monoisotopic (exact) mass is 327 g/mol. The molecular weight excluding hydrogens is 310 g/mol. The number of primary amides is 1. The molecule has 0 radical (unpaired) electrons. The van der Waals surface area contributed by atoms with Gasteiger partial charge >= 0.3 is 0 Å². The summed E-state index contributed by atoms with van der Waals surface area (Å²) in [6, 6.07) is 11.6. The predicted octanol–water partition coefficient (Wildman–Crippen LogP) is 3.11. The molecule has 0 saturated heterocycles. The van der Waals surface area contributed by atoms with Crippen molar-refractivity contribution in [3.05, 3.63) is 71.5 Å². The molecule has 0 bridgehead atoms. The molecule has 0 spiro atoms. The fourth-order valence-corrected chi connectivity index (χ4v) is 3.09. The molecule has 1 aliphatic heterocycles. The maximum atomic E-state index is 11.2. The molecule has 23 heavy (non-hydrogen) atoms. The van der Waals surface area contributed by atoms with Crippen LogP contribution in [-0.4, -0.2) is 17.2 Å². The van der Waals surface area contributed by atoms with Crippen molar-refractivity contribution in [3.8, 4) is 0 Å². The van der Waals surface area contributed by atoms with Crippen LogP contribution < -0.4 is 10.6 Å². The van der Waals surface area contributed by atoms with E-state index in [0.717, 1.165) is 12.0 Å². The molecule has 0 saturated carbocycles. The molecular formula is C17H17N3O2S. The minimum Gasteiger partial charge on any atom is -0.370 e. The number of nitrogens with two attached hydrogens (primary N) is 1. The van der Waals surface area contributed by atoms with Crippen LogP contribution in [0.3, 0.4) is 0 Å². The highest BCUT2D eigenvalue weighted by Gasteiger charge is 2.24. The van der Waals surface area contributed by atoms with Crippen LogP contribution in [0.15, 0.2) is 60.4 Å². The second kappa shape index (κ2) is 8.14. The van der Waals surface area contributed by atoms with Crippen molar-refractivity contribution in [2.75, 3.05) is 4.90 Å². The van der Waals surface area contributed by atoms with Gasteiger partial charge in [0.1, 0.15) is 5.37 Å². The lowest BCUT2D eigenvalue weighted by Crippen LogP contribution is -2.18. The summed E-state index contributed by atoms with van der Waals surface area (Å²) in [7, 11) is 0. The van der Waals surface area contributed by atoms with Crippen LogP contribution in [0.1, 0.15) is 28.2 Å². The van der Waals surface area contributed by atoms with Crippen LogP contribution in [0.2, 0.25) is 0 Å². The summed E-state index contributed by atoms with van der Waals surface area (Å²) in [5.74, 6) is -0.333. The molecule has 5 nitrogen and oxygen atoms in total. The van der Waals surface area contributed by atoms with Gasteiger partial charge in [0.15, 0.2) is 6.29 Å². The largest absolute Gasteiger partial charge is 0.370 e. The molecule has 118 valence electrons. The average molecular weight is 327 g/mol. The summed E-state index contributed by atoms with van der Waals surface area (Å²) in [6.45, 7) is 1.31. The van der Waals surface area contributed by atoms with E-state index in [2.05, 4.69) is 15.6 Å². The van der Waals surface area contributed by atoms with E-state index < -0.39 is 0 Å². The number of benzene rings is 1. The first-order chi connectivity index (χ1) is 11.1. The Morgan fingerprint density at radius 1 is 1.26 bits per heavy atom. The smallest absolute Gasteiger partial charge is 0.214 e. The lowest BCUT2D eigenvalue weighted by molar-refractivity contribution is -0.115. The quantitative estimate of drug-likeness (QED) is 0.877. The second-order valence-corrected chi connectivity index (χ2v) is 5.74. The molecule has 2 heterocycles. The van der Waals surface area contributed by atoms with E-state index in [1.165, 1.54) is 12.5 Å². The number of rotatable bonds is 3. The van der Waals surface area contributed by atoms with Crippen molar-refractivity contribution < 1.29 is 9.59 Å². The van der Waals surface area contributed by atoms with Crippen molar-refractivity contribution in [1.29, 1.82) is 0 Å². The number of pyridine rings is 1. The predicted molar refractivity (Wildman–Crippen MR) is 92.9 cm³/mol. The van der Waals surface area contributed by atoms with E-state index in [9.17, 15) is 9.59 Å². The van der Waals surface area contributed by atoms with E-state index in [1.807, 2.05) is 48.0 Å². The van der Waals surface area contributed by atoms with Crippen molar-refractivity contribution >= 4 is 29.6 Å². The molecule has 3 rings (SSSR count). The van der Waals surface area contributed by atoms with Crippen LogP contribution in [-0.2, 0) is 4.79 Å². The zero-order chi connectivity index (χ0) is 16.7. The Balaban J connectivity index is 0.000000433. The van der Waals surface area contributed by atoms with Gasteiger partial charge < -0.3 is 10.6 Å². The second-order valence-electron chi connectivity index (χ2n) is 4.75. The Labute approximate surface area is 139 Å². The highest BCUT2D eigenvalue weighted by molar-refractivity contribution is 8.02. The first-order valence-corrected chi connectivity index (χ1v) is 7.88. The van der Waals surface area contributed by atoms with Gasteiger partial charge in [-0.25, -0.2) is 0 Å². The molecule has 2 N–H and O–H groups in total. The average Bonchev–Trinajstić information content (AvgIpc) is 3.04. The maximum Gasteiger partial charge on any atom is 0.214 e. The third kappa shape index (κ3) is 4.43. The van der Waals surface area contributed by atoms with E-state index in [0.29, 0.717) is 5.56 Å². The zero-order valence-corrected chi connectivity index (χ0v) is 13.4. The molecule has 1 aliphatic rings. The highest BCUT2D eigenvalue weighted by Crippen LogP contribution is 2.42. The molecule has 2 aromatic rings. The first-order valence-electron chi connectivity index (χ1n) is 6.94. The number of carbonyl (C=O) groups is 2. The Morgan fingerprint density at radius 2 is 1.91 bits per heavy atom. The summed E-state index contributed by atoms with van der Waals surface area (Å²) in [5, 5.41) is 2.20. The van der Waals surface area contributed by atoms with Gasteiger partial charge in [0.2, 0.25) is 5.91 Å². The van der Waals surface area contributed by atoms with Gasteiger partial charge in [-0.15, -0.1) is 11.8 Å². The third-order valence-electron chi connectivity index (χ3n) is 3.01. The lowest BCUT2D eigenvalue weighted by Gasteiger charge is -2.26.